The lowest BCUT2D eigenvalue weighted by atomic mass is 9.70. The van der Waals surface area contributed by atoms with Crippen molar-refractivity contribution in [2.24, 2.45) is 17.3 Å². The van der Waals surface area contributed by atoms with E-state index in [1.54, 1.807) is 17.9 Å². The highest BCUT2D eigenvalue weighted by Crippen LogP contribution is 2.61. The first-order chi connectivity index (χ1) is 19.2. The van der Waals surface area contributed by atoms with Gasteiger partial charge in [0.25, 0.3) is 0 Å². The second-order valence-electron chi connectivity index (χ2n) is 13.5. The Balaban J connectivity index is 1.85. The van der Waals surface area contributed by atoms with E-state index in [0.29, 0.717) is 19.3 Å². The minimum atomic E-state index is -1.23. The summed E-state index contributed by atoms with van der Waals surface area (Å²) in [6.07, 6.45) is 2.57. The largest absolute Gasteiger partial charge is 0.466 e. The summed E-state index contributed by atoms with van der Waals surface area (Å²) in [7, 11) is 0. The Morgan fingerprint density at radius 1 is 1.27 bits per heavy atom. The molecule has 0 radical (unpaired) electrons. The zero-order chi connectivity index (χ0) is 30.3. The number of nitrogens with zero attached hydrogens (tertiary/aromatic N) is 2. The van der Waals surface area contributed by atoms with Gasteiger partial charge in [-0.3, -0.25) is 14.4 Å². The van der Waals surface area contributed by atoms with Gasteiger partial charge in [-0.25, -0.2) is 0 Å². The summed E-state index contributed by atoms with van der Waals surface area (Å²) in [5, 5.41) is 10.7. The number of benzene rings is 1. The number of halogens is 1. The lowest BCUT2D eigenvalue weighted by Crippen LogP contribution is -2.63. The standard InChI is InChI=1S/C32H45BrN2O6/c1-8-15-34(31(6,7)19-30(3,4)5)28(38)26-32-17-22(33)25(41-32)23(29(39)40-9-2)24(32)27(37)35(26)21(18-36)16-20-13-11-10-12-14-20/h8,10-14,21-26,36H,1,9,15-19H2,2-7H3/t21-,22?,23-,24+,25-,26-,32+/m1/s1. The van der Waals surface area contributed by atoms with Crippen LogP contribution in [0.15, 0.2) is 43.0 Å². The molecule has 0 saturated carbocycles. The second-order valence-corrected chi connectivity index (χ2v) is 14.7. The summed E-state index contributed by atoms with van der Waals surface area (Å²) in [6.45, 7) is 16.2. The summed E-state index contributed by atoms with van der Waals surface area (Å²) < 4.78 is 12.1. The number of likely N-dealkylation sites (tertiary alicyclic amines) is 1. The number of carbonyl (C=O) groups excluding carboxylic acids is 3. The number of alkyl halides is 1. The summed E-state index contributed by atoms with van der Waals surface area (Å²) in [5.74, 6) is -2.81. The lowest BCUT2D eigenvalue weighted by molar-refractivity contribution is -0.157. The van der Waals surface area contributed by atoms with E-state index >= 15 is 0 Å². The van der Waals surface area contributed by atoms with Gasteiger partial charge in [0.2, 0.25) is 11.8 Å². The number of amides is 2. The maximum absolute atomic E-state index is 14.9. The summed E-state index contributed by atoms with van der Waals surface area (Å²) in [5.41, 5.74) is -0.951. The van der Waals surface area contributed by atoms with Crippen molar-refractivity contribution in [1.82, 2.24) is 9.80 Å². The molecular weight excluding hydrogens is 588 g/mol. The fourth-order valence-electron chi connectivity index (χ4n) is 7.69. The van der Waals surface area contributed by atoms with E-state index < -0.39 is 47.1 Å². The first-order valence-corrected chi connectivity index (χ1v) is 15.5. The first kappa shape index (κ1) is 31.7. The predicted octanol–water partition coefficient (Wildman–Crippen LogP) is 4.13. The highest BCUT2D eigenvalue weighted by molar-refractivity contribution is 9.09. The van der Waals surface area contributed by atoms with Gasteiger partial charge in [0.05, 0.1) is 37.2 Å². The topological polar surface area (TPSA) is 96.4 Å². The van der Waals surface area contributed by atoms with Crippen LogP contribution < -0.4 is 0 Å². The van der Waals surface area contributed by atoms with Crippen molar-refractivity contribution in [1.29, 1.82) is 0 Å². The first-order valence-electron chi connectivity index (χ1n) is 14.6. The molecule has 0 aromatic heterocycles. The molecule has 1 N–H and O–H groups in total. The summed E-state index contributed by atoms with van der Waals surface area (Å²) in [6, 6.07) is 7.89. The van der Waals surface area contributed by atoms with Gasteiger partial charge in [-0.2, -0.15) is 0 Å². The Morgan fingerprint density at radius 2 is 1.93 bits per heavy atom. The number of ether oxygens (including phenoxy) is 2. The third-order valence-corrected chi connectivity index (χ3v) is 9.55. The lowest BCUT2D eigenvalue weighted by Gasteiger charge is -2.46. The maximum Gasteiger partial charge on any atom is 0.312 e. The van der Waals surface area contributed by atoms with Crippen LogP contribution in [0.2, 0.25) is 0 Å². The highest BCUT2D eigenvalue weighted by atomic mass is 79.9. The van der Waals surface area contributed by atoms with Crippen molar-refractivity contribution in [2.75, 3.05) is 19.8 Å². The quantitative estimate of drug-likeness (QED) is 0.224. The monoisotopic (exact) mass is 632 g/mol. The molecule has 1 aromatic rings. The number of hydrogen-bond donors (Lipinski definition) is 1. The van der Waals surface area contributed by atoms with Crippen molar-refractivity contribution >= 4 is 33.7 Å². The van der Waals surface area contributed by atoms with Gasteiger partial charge in [-0.15, -0.1) is 6.58 Å². The van der Waals surface area contributed by atoms with Crippen LogP contribution in [0, 0.1) is 17.3 Å². The number of rotatable bonds is 11. The molecule has 1 spiro atoms. The third-order valence-electron chi connectivity index (χ3n) is 8.71. The number of hydrogen-bond acceptors (Lipinski definition) is 6. The minimum absolute atomic E-state index is 0.0750. The van der Waals surface area contributed by atoms with Crippen molar-refractivity contribution in [3.63, 3.8) is 0 Å². The van der Waals surface area contributed by atoms with Crippen molar-refractivity contribution in [3.8, 4) is 0 Å². The van der Waals surface area contributed by atoms with Gasteiger partial charge >= 0.3 is 5.97 Å². The molecule has 3 aliphatic heterocycles. The summed E-state index contributed by atoms with van der Waals surface area (Å²) in [4.78, 5) is 45.8. The van der Waals surface area contributed by atoms with E-state index in [1.807, 2.05) is 44.2 Å². The van der Waals surface area contributed by atoms with Crippen LogP contribution in [0.1, 0.15) is 59.9 Å². The molecule has 9 heteroatoms. The highest BCUT2D eigenvalue weighted by Gasteiger charge is 2.77. The molecule has 0 aliphatic carbocycles. The second kappa shape index (κ2) is 11.8. The fraction of sp³-hybridized carbons (Fsp3) is 0.656. The molecule has 3 heterocycles. The normalized spacial score (nSPS) is 29.8. The summed E-state index contributed by atoms with van der Waals surface area (Å²) >= 11 is 3.70. The molecule has 2 amide bonds. The molecule has 1 unspecified atom stereocenters. The van der Waals surface area contributed by atoms with Crippen molar-refractivity contribution in [3.05, 3.63) is 48.6 Å². The molecule has 1 aromatic carbocycles. The van der Waals surface area contributed by atoms with Crippen LogP contribution in [0.25, 0.3) is 0 Å². The average molecular weight is 634 g/mol. The van der Waals surface area contributed by atoms with Crippen LogP contribution in [-0.4, -0.2) is 86.6 Å². The third kappa shape index (κ3) is 5.74. The van der Waals surface area contributed by atoms with E-state index in [1.165, 1.54) is 4.90 Å². The van der Waals surface area contributed by atoms with Crippen molar-refractivity contribution < 1.29 is 29.0 Å². The van der Waals surface area contributed by atoms with Crippen LogP contribution in [0.5, 0.6) is 0 Å². The molecule has 3 saturated heterocycles. The van der Waals surface area contributed by atoms with Gasteiger partial charge in [-0.1, -0.05) is 73.1 Å². The van der Waals surface area contributed by atoms with E-state index in [0.717, 1.165) is 5.56 Å². The van der Waals surface area contributed by atoms with E-state index in [4.69, 9.17) is 9.47 Å². The number of fused-ring (bicyclic) bond motifs is 1. The van der Waals surface area contributed by atoms with Crippen LogP contribution in [0.3, 0.4) is 0 Å². The van der Waals surface area contributed by atoms with Crippen LogP contribution >= 0.6 is 15.9 Å². The number of aliphatic hydroxyl groups is 1. The van der Waals surface area contributed by atoms with Crippen molar-refractivity contribution in [2.45, 2.75) is 95.0 Å². The molecule has 41 heavy (non-hydrogen) atoms. The number of aliphatic hydroxyl groups excluding tert-OH is 1. The Labute approximate surface area is 252 Å². The molecule has 7 atom stereocenters. The number of carbonyl (C=O) groups is 3. The molecule has 4 rings (SSSR count). The smallest absolute Gasteiger partial charge is 0.312 e. The Hall–Kier alpha value is -2.23. The average Bonchev–Trinajstić information content (AvgIpc) is 3.48. The maximum atomic E-state index is 14.9. The van der Waals surface area contributed by atoms with Gasteiger partial charge in [0.1, 0.15) is 11.6 Å². The Bertz CT molecular complexity index is 1150. The zero-order valence-electron chi connectivity index (χ0n) is 25.1. The molecule has 8 nitrogen and oxygen atoms in total. The SMILES string of the molecule is C=CCN(C(=O)[C@H]1N([C@@H](CO)Cc2ccccc2)C(=O)[C@@H]2[C@@H](C(=O)OCC)[C@@H]3O[C@@]21CC3Br)C(C)(C)CC(C)(C)C. The molecule has 226 valence electrons. The Morgan fingerprint density at radius 3 is 2.49 bits per heavy atom. The molecule has 3 fully saturated rings. The molecule has 3 aliphatic rings. The fourth-order valence-corrected chi connectivity index (χ4v) is 8.63. The van der Waals surface area contributed by atoms with Gasteiger partial charge in [-0.05, 0) is 51.0 Å². The minimum Gasteiger partial charge on any atom is -0.466 e. The van der Waals surface area contributed by atoms with E-state index in [-0.39, 0.29) is 41.8 Å². The van der Waals surface area contributed by atoms with Crippen LogP contribution in [0.4, 0.5) is 0 Å². The van der Waals surface area contributed by atoms with E-state index in [9.17, 15) is 19.5 Å². The molecular formula is C32H45BrN2O6. The Kier molecular flexibility index (Phi) is 9.13. The van der Waals surface area contributed by atoms with Gasteiger partial charge in [0, 0.05) is 16.9 Å². The van der Waals surface area contributed by atoms with Gasteiger partial charge in [0.15, 0.2) is 0 Å². The predicted molar refractivity (Wildman–Crippen MR) is 160 cm³/mol. The zero-order valence-corrected chi connectivity index (χ0v) is 26.7. The van der Waals surface area contributed by atoms with Crippen LogP contribution in [-0.2, 0) is 30.3 Å². The number of esters is 1. The van der Waals surface area contributed by atoms with E-state index in [2.05, 4.69) is 43.3 Å². The van der Waals surface area contributed by atoms with Gasteiger partial charge < -0.3 is 24.4 Å². The molecule has 2 bridgehead atoms.